The van der Waals surface area contributed by atoms with Crippen molar-refractivity contribution in [2.75, 3.05) is 13.1 Å². The van der Waals surface area contributed by atoms with E-state index in [1.54, 1.807) is 0 Å². The first-order valence-corrected chi connectivity index (χ1v) is 7.54. The van der Waals surface area contributed by atoms with Gasteiger partial charge in [-0.25, -0.2) is 0 Å². The van der Waals surface area contributed by atoms with E-state index in [2.05, 4.69) is 10.5 Å². The molecule has 1 aliphatic carbocycles. The average Bonchev–Trinajstić information content (AvgIpc) is 3.01. The molecule has 1 aliphatic rings. The van der Waals surface area contributed by atoms with Gasteiger partial charge in [0, 0.05) is 6.54 Å². The van der Waals surface area contributed by atoms with Crippen LogP contribution in [0.1, 0.15) is 43.6 Å². The molecule has 4 nitrogen and oxygen atoms in total. The summed E-state index contributed by atoms with van der Waals surface area (Å²) in [5.41, 5.74) is 6.89. The van der Waals surface area contributed by atoms with Gasteiger partial charge in [0.15, 0.2) is 0 Å². The maximum absolute atomic E-state index is 8.93. The van der Waals surface area contributed by atoms with Gasteiger partial charge in [-0.2, -0.15) is 0 Å². The van der Waals surface area contributed by atoms with Crippen molar-refractivity contribution in [2.24, 2.45) is 16.8 Å². The van der Waals surface area contributed by atoms with Gasteiger partial charge in [-0.3, -0.25) is 0 Å². The van der Waals surface area contributed by atoms with Crippen molar-refractivity contribution < 1.29 is 5.21 Å². The molecule has 2 rings (SSSR count). The lowest BCUT2D eigenvalue weighted by Crippen LogP contribution is -2.32. The molecule has 0 radical (unpaired) electrons. The predicted octanol–water partition coefficient (Wildman–Crippen LogP) is 2.69. The van der Waals surface area contributed by atoms with Gasteiger partial charge in [-0.1, -0.05) is 61.2 Å². The molecule has 1 saturated carbocycles. The molecule has 4 N–H and O–H groups in total. The average molecular weight is 275 g/mol. The molecule has 0 amide bonds. The first-order valence-electron chi connectivity index (χ1n) is 7.54. The molecule has 110 valence electrons. The van der Waals surface area contributed by atoms with Crippen LogP contribution in [0.2, 0.25) is 0 Å². The lowest BCUT2D eigenvalue weighted by molar-refractivity contribution is 0.315. The van der Waals surface area contributed by atoms with Crippen LogP contribution in [0.4, 0.5) is 0 Å². The van der Waals surface area contributed by atoms with Crippen LogP contribution in [0, 0.1) is 5.92 Å². The van der Waals surface area contributed by atoms with Crippen molar-refractivity contribution in [1.82, 2.24) is 5.32 Å². The molecule has 1 aromatic carbocycles. The van der Waals surface area contributed by atoms with E-state index in [0.29, 0.717) is 6.54 Å². The number of oxime groups is 1. The smallest absolute Gasteiger partial charge is 0.147 e. The maximum Gasteiger partial charge on any atom is 0.147 e. The van der Waals surface area contributed by atoms with Crippen LogP contribution in [0.15, 0.2) is 35.5 Å². The Balaban J connectivity index is 1.82. The Labute approximate surface area is 121 Å². The third-order valence-electron chi connectivity index (χ3n) is 4.23. The second-order valence-electron chi connectivity index (χ2n) is 5.63. The summed E-state index contributed by atoms with van der Waals surface area (Å²) in [6.07, 6.45) is 6.77. The van der Waals surface area contributed by atoms with Crippen LogP contribution in [-0.4, -0.2) is 24.1 Å². The molecule has 0 bridgehead atoms. The Kier molecular flexibility index (Phi) is 5.87. The SMILES string of the molecule is NC(=NO)C(CNCCC1CCCC1)c1ccccc1. The molecule has 4 heteroatoms. The van der Waals surface area contributed by atoms with E-state index < -0.39 is 0 Å². The fourth-order valence-corrected chi connectivity index (χ4v) is 3.00. The molecule has 1 unspecified atom stereocenters. The van der Waals surface area contributed by atoms with Crippen molar-refractivity contribution in [3.8, 4) is 0 Å². The minimum atomic E-state index is -0.0650. The lowest BCUT2D eigenvalue weighted by Gasteiger charge is -2.17. The standard InChI is InChI=1S/C16H25N3O/c17-16(19-20)15(14-8-2-1-3-9-14)12-18-11-10-13-6-4-5-7-13/h1-3,8-9,13,15,18,20H,4-7,10-12H2,(H2,17,19). The lowest BCUT2D eigenvalue weighted by atomic mass is 9.97. The summed E-state index contributed by atoms with van der Waals surface area (Å²) >= 11 is 0. The van der Waals surface area contributed by atoms with Gasteiger partial charge in [0.1, 0.15) is 5.84 Å². The Morgan fingerprint density at radius 3 is 2.65 bits per heavy atom. The summed E-state index contributed by atoms with van der Waals surface area (Å²) in [5, 5.41) is 15.6. The van der Waals surface area contributed by atoms with E-state index in [-0.39, 0.29) is 11.8 Å². The highest BCUT2D eigenvalue weighted by Gasteiger charge is 2.17. The number of nitrogens with one attached hydrogen (secondary N) is 1. The largest absolute Gasteiger partial charge is 0.409 e. The number of hydrogen-bond acceptors (Lipinski definition) is 3. The fourth-order valence-electron chi connectivity index (χ4n) is 3.00. The molecule has 1 aromatic rings. The molecule has 0 aliphatic heterocycles. The number of hydrogen-bond donors (Lipinski definition) is 3. The highest BCUT2D eigenvalue weighted by atomic mass is 16.4. The van der Waals surface area contributed by atoms with Crippen molar-refractivity contribution in [3.63, 3.8) is 0 Å². The Bertz CT molecular complexity index is 413. The highest BCUT2D eigenvalue weighted by Crippen LogP contribution is 2.27. The van der Waals surface area contributed by atoms with Crippen LogP contribution in [-0.2, 0) is 0 Å². The van der Waals surface area contributed by atoms with E-state index in [4.69, 9.17) is 10.9 Å². The zero-order valence-corrected chi connectivity index (χ0v) is 12.0. The quantitative estimate of drug-likeness (QED) is 0.235. The van der Waals surface area contributed by atoms with Gasteiger partial charge in [-0.05, 0) is 24.4 Å². The summed E-state index contributed by atoms with van der Waals surface area (Å²) in [6, 6.07) is 9.96. The second kappa shape index (κ2) is 7.90. The monoisotopic (exact) mass is 275 g/mol. The molecular weight excluding hydrogens is 250 g/mol. The molecule has 0 spiro atoms. The Hall–Kier alpha value is -1.55. The van der Waals surface area contributed by atoms with Crippen molar-refractivity contribution in [3.05, 3.63) is 35.9 Å². The summed E-state index contributed by atoms with van der Waals surface area (Å²) in [6.45, 7) is 1.72. The zero-order chi connectivity index (χ0) is 14.2. The van der Waals surface area contributed by atoms with Gasteiger partial charge in [0.2, 0.25) is 0 Å². The van der Waals surface area contributed by atoms with E-state index >= 15 is 0 Å². The molecule has 20 heavy (non-hydrogen) atoms. The first kappa shape index (κ1) is 14.9. The van der Waals surface area contributed by atoms with Crippen molar-refractivity contribution in [1.29, 1.82) is 0 Å². The number of nitrogens with two attached hydrogens (primary N) is 1. The maximum atomic E-state index is 8.93. The molecular formula is C16H25N3O. The Morgan fingerprint density at radius 2 is 2.00 bits per heavy atom. The van der Waals surface area contributed by atoms with E-state index in [9.17, 15) is 0 Å². The number of rotatable bonds is 7. The number of nitrogens with zero attached hydrogens (tertiary/aromatic N) is 1. The topological polar surface area (TPSA) is 70.6 Å². The third kappa shape index (κ3) is 4.23. The normalized spacial score (nSPS) is 18.3. The Morgan fingerprint density at radius 1 is 1.30 bits per heavy atom. The first-order chi connectivity index (χ1) is 9.81. The fraction of sp³-hybridized carbons (Fsp3) is 0.562. The summed E-state index contributed by atoms with van der Waals surface area (Å²) in [4.78, 5) is 0. The summed E-state index contributed by atoms with van der Waals surface area (Å²) in [7, 11) is 0. The van der Waals surface area contributed by atoms with Crippen molar-refractivity contribution in [2.45, 2.75) is 38.0 Å². The number of benzene rings is 1. The minimum Gasteiger partial charge on any atom is -0.409 e. The van der Waals surface area contributed by atoms with Gasteiger partial charge in [0.05, 0.1) is 5.92 Å². The van der Waals surface area contributed by atoms with E-state index in [0.717, 1.165) is 18.0 Å². The number of amidine groups is 1. The van der Waals surface area contributed by atoms with Crippen LogP contribution in [0.3, 0.4) is 0 Å². The minimum absolute atomic E-state index is 0.0650. The van der Waals surface area contributed by atoms with Gasteiger partial charge >= 0.3 is 0 Å². The van der Waals surface area contributed by atoms with Crippen LogP contribution in [0.5, 0.6) is 0 Å². The molecule has 1 fully saturated rings. The second-order valence-corrected chi connectivity index (χ2v) is 5.63. The van der Waals surface area contributed by atoms with E-state index in [1.807, 2.05) is 30.3 Å². The highest BCUT2D eigenvalue weighted by molar-refractivity contribution is 5.87. The molecule has 1 atom stereocenters. The van der Waals surface area contributed by atoms with Crippen LogP contribution < -0.4 is 11.1 Å². The summed E-state index contributed by atoms with van der Waals surface area (Å²) < 4.78 is 0. The van der Waals surface area contributed by atoms with Gasteiger partial charge in [0.25, 0.3) is 0 Å². The molecule has 0 aromatic heterocycles. The van der Waals surface area contributed by atoms with Gasteiger partial charge < -0.3 is 16.3 Å². The molecule has 0 saturated heterocycles. The third-order valence-corrected chi connectivity index (χ3v) is 4.23. The van der Waals surface area contributed by atoms with Crippen LogP contribution in [0.25, 0.3) is 0 Å². The predicted molar refractivity (Wildman–Crippen MR) is 82.0 cm³/mol. The van der Waals surface area contributed by atoms with Crippen LogP contribution >= 0.6 is 0 Å². The molecule has 0 heterocycles. The van der Waals surface area contributed by atoms with E-state index in [1.165, 1.54) is 32.1 Å². The van der Waals surface area contributed by atoms with Gasteiger partial charge in [-0.15, -0.1) is 0 Å². The zero-order valence-electron chi connectivity index (χ0n) is 12.0. The van der Waals surface area contributed by atoms with Crippen molar-refractivity contribution >= 4 is 5.84 Å². The summed E-state index contributed by atoms with van der Waals surface area (Å²) in [5.74, 6) is 1.09.